The summed E-state index contributed by atoms with van der Waals surface area (Å²) >= 11 is 0. The molecule has 0 saturated heterocycles. The van der Waals surface area contributed by atoms with Crippen molar-refractivity contribution in [3.05, 3.63) is 70.9 Å². The van der Waals surface area contributed by atoms with Crippen molar-refractivity contribution in [1.82, 2.24) is 24.6 Å². The normalized spacial score (nSPS) is 11.7. The molecule has 158 valence electrons. The average Bonchev–Trinajstić information content (AvgIpc) is 3.04. The van der Waals surface area contributed by atoms with E-state index in [1.807, 2.05) is 0 Å². The van der Waals surface area contributed by atoms with Gasteiger partial charge in [0.2, 0.25) is 0 Å². The average molecular weight is 426 g/mol. The van der Waals surface area contributed by atoms with Crippen LogP contribution in [-0.2, 0) is 6.18 Å². The van der Waals surface area contributed by atoms with Crippen LogP contribution < -0.4 is 5.32 Å². The van der Waals surface area contributed by atoms with Crippen LogP contribution in [0.25, 0.3) is 16.9 Å². The Bertz CT molecular complexity index is 1310. The van der Waals surface area contributed by atoms with Crippen molar-refractivity contribution < 1.29 is 18.0 Å². The lowest BCUT2D eigenvalue weighted by atomic mass is 10.0. The molecule has 3 heterocycles. The molecule has 1 amide bonds. The maximum atomic E-state index is 13.5. The Morgan fingerprint density at radius 1 is 1.06 bits per heavy atom. The number of nitrogens with zero attached hydrogens (tertiary/aromatic N) is 5. The van der Waals surface area contributed by atoms with Gasteiger partial charge in [-0.15, -0.1) is 0 Å². The summed E-state index contributed by atoms with van der Waals surface area (Å²) in [5, 5.41) is 7.00. The first kappa shape index (κ1) is 20.5. The van der Waals surface area contributed by atoms with E-state index in [0.29, 0.717) is 28.5 Å². The summed E-state index contributed by atoms with van der Waals surface area (Å²) in [6.07, 6.45) is -3.04. The Labute approximate surface area is 175 Å². The zero-order chi connectivity index (χ0) is 22.3. The van der Waals surface area contributed by atoms with Crippen LogP contribution >= 0.6 is 0 Å². The molecule has 0 radical (unpaired) electrons. The van der Waals surface area contributed by atoms with Gasteiger partial charge in [0, 0.05) is 11.8 Å². The number of imidazole rings is 1. The molecule has 31 heavy (non-hydrogen) atoms. The van der Waals surface area contributed by atoms with Crippen molar-refractivity contribution in [2.24, 2.45) is 0 Å². The van der Waals surface area contributed by atoms with Crippen molar-refractivity contribution in [3.8, 4) is 11.3 Å². The molecule has 1 aromatic carbocycles. The van der Waals surface area contributed by atoms with Crippen LogP contribution in [0.5, 0.6) is 0 Å². The highest BCUT2D eigenvalue weighted by atomic mass is 19.4. The Kier molecular flexibility index (Phi) is 4.92. The van der Waals surface area contributed by atoms with Crippen LogP contribution in [-0.4, -0.2) is 30.5 Å². The van der Waals surface area contributed by atoms with Gasteiger partial charge in [-0.25, -0.2) is 19.5 Å². The van der Waals surface area contributed by atoms with Crippen LogP contribution in [0.4, 0.5) is 19.0 Å². The predicted molar refractivity (Wildman–Crippen MR) is 108 cm³/mol. The smallest absolute Gasteiger partial charge is 0.305 e. The van der Waals surface area contributed by atoms with E-state index >= 15 is 0 Å². The third-order valence-corrected chi connectivity index (χ3v) is 4.68. The maximum absolute atomic E-state index is 13.5. The molecule has 0 aliphatic carbocycles. The molecule has 0 bridgehead atoms. The Morgan fingerprint density at radius 2 is 1.81 bits per heavy atom. The zero-order valence-corrected chi connectivity index (χ0v) is 16.8. The van der Waals surface area contributed by atoms with Crippen molar-refractivity contribution >= 4 is 17.4 Å². The highest BCUT2D eigenvalue weighted by molar-refractivity contribution is 6.04. The van der Waals surface area contributed by atoms with E-state index in [9.17, 15) is 18.0 Å². The number of carbonyl (C=O) groups is 1. The fourth-order valence-electron chi connectivity index (χ4n) is 3.32. The second kappa shape index (κ2) is 7.46. The Balaban J connectivity index is 1.86. The van der Waals surface area contributed by atoms with Crippen molar-refractivity contribution in [1.29, 1.82) is 0 Å². The van der Waals surface area contributed by atoms with Crippen LogP contribution in [0.15, 0.2) is 42.6 Å². The number of nitrogens with one attached hydrogen (secondary N) is 1. The minimum Gasteiger partial charge on any atom is -0.305 e. The van der Waals surface area contributed by atoms with Gasteiger partial charge in [-0.3, -0.25) is 4.79 Å². The number of aromatic nitrogens is 5. The van der Waals surface area contributed by atoms with Gasteiger partial charge in [0.25, 0.3) is 5.91 Å². The number of hydrogen-bond donors (Lipinski definition) is 1. The summed E-state index contributed by atoms with van der Waals surface area (Å²) in [6.45, 7) is 5.03. The molecule has 10 heteroatoms. The van der Waals surface area contributed by atoms with Gasteiger partial charge >= 0.3 is 6.18 Å². The third-order valence-electron chi connectivity index (χ3n) is 4.68. The number of carbonyl (C=O) groups excluding carboxylic acids is 1. The van der Waals surface area contributed by atoms with Crippen LogP contribution in [0.3, 0.4) is 0 Å². The molecule has 4 aromatic rings. The molecule has 7 nitrogen and oxygen atoms in total. The number of benzene rings is 1. The first-order valence-corrected chi connectivity index (χ1v) is 9.29. The number of alkyl halides is 3. The number of anilines is 1. The van der Waals surface area contributed by atoms with E-state index in [4.69, 9.17) is 0 Å². The van der Waals surface area contributed by atoms with Crippen LogP contribution in [0.2, 0.25) is 0 Å². The van der Waals surface area contributed by atoms with Gasteiger partial charge in [-0.05, 0) is 44.5 Å². The van der Waals surface area contributed by atoms with Gasteiger partial charge in [-0.1, -0.05) is 18.2 Å². The first-order chi connectivity index (χ1) is 14.6. The van der Waals surface area contributed by atoms with Gasteiger partial charge in [0.15, 0.2) is 11.3 Å². The number of fused-ring (bicyclic) bond motifs is 1. The highest BCUT2D eigenvalue weighted by Gasteiger charge is 2.34. The lowest BCUT2D eigenvalue weighted by molar-refractivity contribution is -0.137. The molecule has 1 N–H and O–H groups in total. The van der Waals surface area contributed by atoms with E-state index in [2.05, 4.69) is 25.4 Å². The molecule has 4 rings (SSSR count). The topological polar surface area (TPSA) is 85.1 Å². The third kappa shape index (κ3) is 3.83. The molecular formula is C21H17F3N6O. The number of hydrogen-bond acceptors (Lipinski definition) is 5. The second-order valence-electron chi connectivity index (χ2n) is 6.98. The number of amides is 1. The van der Waals surface area contributed by atoms with E-state index in [-0.39, 0.29) is 17.0 Å². The molecule has 3 aromatic heterocycles. The van der Waals surface area contributed by atoms with E-state index in [1.54, 1.807) is 20.8 Å². The summed E-state index contributed by atoms with van der Waals surface area (Å²) in [5.74, 6) is 0.242. The lowest BCUT2D eigenvalue weighted by Gasteiger charge is -2.13. The van der Waals surface area contributed by atoms with Crippen molar-refractivity contribution in [3.63, 3.8) is 0 Å². The summed E-state index contributed by atoms with van der Waals surface area (Å²) in [4.78, 5) is 25.5. The highest BCUT2D eigenvalue weighted by Crippen LogP contribution is 2.36. The summed E-state index contributed by atoms with van der Waals surface area (Å²) < 4.78 is 41.8. The monoisotopic (exact) mass is 426 g/mol. The zero-order valence-electron chi connectivity index (χ0n) is 16.8. The molecular weight excluding hydrogens is 409 g/mol. The minimum atomic E-state index is -4.54. The van der Waals surface area contributed by atoms with Crippen molar-refractivity contribution in [2.45, 2.75) is 26.9 Å². The van der Waals surface area contributed by atoms with Crippen LogP contribution in [0, 0.1) is 20.8 Å². The molecule has 0 aliphatic rings. The van der Waals surface area contributed by atoms with E-state index in [0.717, 1.165) is 6.07 Å². The quantitative estimate of drug-likeness (QED) is 0.525. The molecule has 0 unspecified atom stereocenters. The second-order valence-corrected chi connectivity index (χ2v) is 6.98. The minimum absolute atomic E-state index is 0.0795. The molecule has 0 aliphatic heterocycles. The fourth-order valence-corrected chi connectivity index (χ4v) is 3.32. The van der Waals surface area contributed by atoms with Gasteiger partial charge < -0.3 is 5.32 Å². The van der Waals surface area contributed by atoms with E-state index in [1.165, 1.54) is 41.0 Å². The largest absolute Gasteiger partial charge is 0.417 e. The fraction of sp³-hybridized carbons (Fsp3) is 0.190. The number of aryl methyl sites for hydroxylation is 3. The molecule has 0 fully saturated rings. The maximum Gasteiger partial charge on any atom is 0.417 e. The molecule has 0 saturated carbocycles. The first-order valence-electron chi connectivity index (χ1n) is 9.29. The van der Waals surface area contributed by atoms with Gasteiger partial charge in [0.05, 0.1) is 17.0 Å². The van der Waals surface area contributed by atoms with Crippen molar-refractivity contribution in [2.75, 3.05) is 5.32 Å². The Morgan fingerprint density at radius 3 is 2.52 bits per heavy atom. The molecule has 0 spiro atoms. The Hall–Kier alpha value is -3.82. The number of halogens is 3. The standard InChI is InChI=1S/C21H17F3N6O/c1-11-10-16(14-6-4-5-7-15(14)21(22,23)24)29-30-18(12(2)26-19(11)30)20(31)28-17-8-9-25-13(3)27-17/h4-10H,1-3H3,(H,25,27,28,31). The van der Waals surface area contributed by atoms with Gasteiger partial charge in [0.1, 0.15) is 11.6 Å². The lowest BCUT2D eigenvalue weighted by Crippen LogP contribution is -2.18. The predicted octanol–water partition coefficient (Wildman–Crippen LogP) is 4.38. The number of rotatable bonds is 3. The SMILES string of the molecule is Cc1nccc(NC(=O)c2c(C)nc3c(C)cc(-c4ccccc4C(F)(F)F)nn23)n1. The summed E-state index contributed by atoms with van der Waals surface area (Å²) in [7, 11) is 0. The summed E-state index contributed by atoms with van der Waals surface area (Å²) in [6, 6.07) is 8.25. The molecule has 0 atom stereocenters. The summed E-state index contributed by atoms with van der Waals surface area (Å²) in [5.41, 5.74) is 0.671. The van der Waals surface area contributed by atoms with Gasteiger partial charge in [-0.2, -0.15) is 18.3 Å². The van der Waals surface area contributed by atoms with E-state index < -0.39 is 17.6 Å². The van der Waals surface area contributed by atoms with Crippen LogP contribution in [0.1, 0.15) is 33.1 Å².